The van der Waals surface area contributed by atoms with Crippen LogP contribution in [0.25, 0.3) is 6.08 Å². The third-order valence-corrected chi connectivity index (χ3v) is 4.21. The normalized spacial score (nSPS) is 17.6. The Kier molecular flexibility index (Phi) is 5.26. The Bertz CT molecular complexity index is 640. The summed E-state index contributed by atoms with van der Waals surface area (Å²) in [5, 5.41) is 4.08. The standard InChI is InChI=1S/C19H25N3O/c1-16(12-18-6-4-3-5-7-18)14-21-8-10-22(11-9-21)15-19-13-17(2)23-20-19/h3-7,12-13H,8-11,14-15H2,1-2H3/b16-12+. The molecule has 0 aliphatic carbocycles. The SMILES string of the molecule is C/C(=C\c1ccccc1)CN1CCN(Cc2cc(C)on2)CC1. The molecule has 2 aromatic rings. The summed E-state index contributed by atoms with van der Waals surface area (Å²) >= 11 is 0. The quantitative estimate of drug-likeness (QED) is 0.849. The molecule has 0 bridgehead atoms. The van der Waals surface area contributed by atoms with Crippen LogP contribution >= 0.6 is 0 Å². The molecule has 0 saturated carbocycles. The molecule has 0 unspecified atom stereocenters. The highest BCUT2D eigenvalue weighted by molar-refractivity contribution is 5.52. The molecule has 0 spiro atoms. The van der Waals surface area contributed by atoms with Gasteiger partial charge in [0.1, 0.15) is 5.76 Å². The summed E-state index contributed by atoms with van der Waals surface area (Å²) in [5.41, 5.74) is 3.73. The smallest absolute Gasteiger partial charge is 0.133 e. The highest BCUT2D eigenvalue weighted by Crippen LogP contribution is 2.12. The first-order valence-electron chi connectivity index (χ1n) is 8.28. The van der Waals surface area contributed by atoms with Gasteiger partial charge >= 0.3 is 0 Å². The molecule has 0 N–H and O–H groups in total. The van der Waals surface area contributed by atoms with Crippen LogP contribution in [0.4, 0.5) is 0 Å². The maximum absolute atomic E-state index is 5.14. The van der Waals surface area contributed by atoms with E-state index in [9.17, 15) is 0 Å². The van der Waals surface area contributed by atoms with Crippen molar-refractivity contribution < 1.29 is 4.52 Å². The highest BCUT2D eigenvalue weighted by atomic mass is 16.5. The van der Waals surface area contributed by atoms with Gasteiger partial charge in [-0.15, -0.1) is 0 Å². The Morgan fingerprint density at radius 1 is 1.13 bits per heavy atom. The second-order valence-electron chi connectivity index (χ2n) is 6.38. The molecule has 0 atom stereocenters. The molecule has 3 rings (SSSR count). The summed E-state index contributed by atoms with van der Waals surface area (Å²) in [4.78, 5) is 4.98. The fourth-order valence-corrected chi connectivity index (χ4v) is 3.06. The van der Waals surface area contributed by atoms with E-state index in [0.29, 0.717) is 0 Å². The van der Waals surface area contributed by atoms with Crippen molar-refractivity contribution in [2.75, 3.05) is 32.7 Å². The van der Waals surface area contributed by atoms with Crippen LogP contribution in [-0.2, 0) is 6.54 Å². The van der Waals surface area contributed by atoms with Crippen LogP contribution in [0.5, 0.6) is 0 Å². The first-order chi connectivity index (χ1) is 11.2. The zero-order valence-corrected chi connectivity index (χ0v) is 14.0. The van der Waals surface area contributed by atoms with Crippen LogP contribution in [0.2, 0.25) is 0 Å². The zero-order valence-electron chi connectivity index (χ0n) is 14.0. The maximum atomic E-state index is 5.14. The van der Waals surface area contributed by atoms with Crippen molar-refractivity contribution in [3.63, 3.8) is 0 Å². The van der Waals surface area contributed by atoms with Crippen LogP contribution in [0, 0.1) is 6.92 Å². The van der Waals surface area contributed by atoms with Crippen molar-refractivity contribution in [3.05, 3.63) is 59.0 Å². The van der Waals surface area contributed by atoms with Gasteiger partial charge in [0, 0.05) is 45.3 Å². The summed E-state index contributed by atoms with van der Waals surface area (Å²) in [6.07, 6.45) is 2.28. The minimum Gasteiger partial charge on any atom is -0.361 e. The lowest BCUT2D eigenvalue weighted by Gasteiger charge is -2.34. The van der Waals surface area contributed by atoms with Gasteiger partial charge in [0.2, 0.25) is 0 Å². The van der Waals surface area contributed by atoms with E-state index in [1.54, 1.807) is 0 Å². The van der Waals surface area contributed by atoms with Gasteiger partial charge in [-0.2, -0.15) is 0 Å². The van der Waals surface area contributed by atoms with Crippen molar-refractivity contribution in [2.24, 2.45) is 0 Å². The van der Waals surface area contributed by atoms with Crippen molar-refractivity contribution in [1.29, 1.82) is 0 Å². The number of nitrogens with zero attached hydrogens (tertiary/aromatic N) is 3. The number of benzene rings is 1. The Labute approximate surface area is 138 Å². The van der Waals surface area contributed by atoms with Gasteiger partial charge in [-0.1, -0.05) is 47.1 Å². The Morgan fingerprint density at radius 3 is 2.48 bits per heavy atom. The van der Waals surface area contributed by atoms with E-state index in [1.807, 2.05) is 13.0 Å². The number of aromatic nitrogens is 1. The number of rotatable bonds is 5. The fourth-order valence-electron chi connectivity index (χ4n) is 3.06. The lowest BCUT2D eigenvalue weighted by atomic mass is 10.1. The van der Waals surface area contributed by atoms with E-state index in [-0.39, 0.29) is 0 Å². The molecule has 2 heterocycles. The molecule has 4 nitrogen and oxygen atoms in total. The summed E-state index contributed by atoms with van der Waals surface area (Å²) in [7, 11) is 0. The molecule has 0 amide bonds. The van der Waals surface area contributed by atoms with E-state index in [0.717, 1.165) is 50.7 Å². The predicted octanol–water partition coefficient (Wildman–Crippen LogP) is 3.20. The third kappa shape index (κ3) is 4.78. The molecule has 1 fully saturated rings. The van der Waals surface area contributed by atoms with Crippen molar-refractivity contribution in [2.45, 2.75) is 20.4 Å². The molecular formula is C19H25N3O. The molecule has 23 heavy (non-hydrogen) atoms. The monoisotopic (exact) mass is 311 g/mol. The van der Waals surface area contributed by atoms with Crippen molar-refractivity contribution >= 4 is 6.08 Å². The fraction of sp³-hybridized carbons (Fsp3) is 0.421. The number of hydrogen-bond acceptors (Lipinski definition) is 4. The third-order valence-electron chi connectivity index (χ3n) is 4.21. The summed E-state index contributed by atoms with van der Waals surface area (Å²) in [6.45, 7) is 10.5. The number of hydrogen-bond donors (Lipinski definition) is 0. The minimum absolute atomic E-state index is 0.889. The van der Waals surface area contributed by atoms with Crippen LogP contribution in [0.1, 0.15) is 23.9 Å². The molecule has 122 valence electrons. The topological polar surface area (TPSA) is 32.5 Å². The molecule has 1 aromatic heterocycles. The zero-order chi connectivity index (χ0) is 16.1. The molecule has 1 aromatic carbocycles. The molecule has 1 aliphatic heterocycles. The lowest BCUT2D eigenvalue weighted by Crippen LogP contribution is -2.46. The number of aryl methyl sites for hydroxylation is 1. The Hall–Kier alpha value is -1.91. The van der Waals surface area contributed by atoms with Gasteiger partial charge in [0.25, 0.3) is 0 Å². The molecule has 0 radical (unpaired) electrons. The highest BCUT2D eigenvalue weighted by Gasteiger charge is 2.18. The van der Waals surface area contributed by atoms with E-state index in [1.165, 1.54) is 11.1 Å². The Balaban J connectivity index is 1.46. The van der Waals surface area contributed by atoms with Crippen molar-refractivity contribution in [1.82, 2.24) is 15.0 Å². The first kappa shape index (κ1) is 16.0. The van der Waals surface area contributed by atoms with E-state index >= 15 is 0 Å². The largest absolute Gasteiger partial charge is 0.361 e. The van der Waals surface area contributed by atoms with E-state index in [2.05, 4.69) is 58.3 Å². The maximum Gasteiger partial charge on any atom is 0.133 e. The molecule has 4 heteroatoms. The second kappa shape index (κ2) is 7.57. The van der Waals surface area contributed by atoms with Gasteiger partial charge in [0.05, 0.1) is 5.69 Å². The predicted molar refractivity (Wildman–Crippen MR) is 93.1 cm³/mol. The van der Waals surface area contributed by atoms with Crippen LogP contribution in [0.3, 0.4) is 0 Å². The molecule has 1 saturated heterocycles. The summed E-state index contributed by atoms with van der Waals surface area (Å²) in [5.74, 6) is 0.889. The average Bonchev–Trinajstić information content (AvgIpc) is 2.95. The van der Waals surface area contributed by atoms with Crippen LogP contribution < -0.4 is 0 Å². The minimum atomic E-state index is 0.889. The lowest BCUT2D eigenvalue weighted by molar-refractivity contribution is 0.132. The van der Waals surface area contributed by atoms with E-state index < -0.39 is 0 Å². The second-order valence-corrected chi connectivity index (χ2v) is 6.38. The molecule has 1 aliphatic rings. The van der Waals surface area contributed by atoms with Gasteiger partial charge in [-0.05, 0) is 19.4 Å². The van der Waals surface area contributed by atoms with Gasteiger partial charge in [0.15, 0.2) is 0 Å². The van der Waals surface area contributed by atoms with Crippen molar-refractivity contribution in [3.8, 4) is 0 Å². The average molecular weight is 311 g/mol. The van der Waals surface area contributed by atoms with E-state index in [4.69, 9.17) is 4.52 Å². The van der Waals surface area contributed by atoms with Crippen LogP contribution in [0.15, 0.2) is 46.5 Å². The number of piperazine rings is 1. The summed E-state index contributed by atoms with van der Waals surface area (Å²) < 4.78 is 5.14. The molecular weight excluding hydrogens is 286 g/mol. The Morgan fingerprint density at radius 2 is 1.83 bits per heavy atom. The van der Waals surface area contributed by atoms with Crippen LogP contribution in [-0.4, -0.2) is 47.7 Å². The van der Waals surface area contributed by atoms with Gasteiger partial charge in [-0.3, -0.25) is 9.80 Å². The van der Waals surface area contributed by atoms with Gasteiger partial charge in [-0.25, -0.2) is 0 Å². The summed E-state index contributed by atoms with van der Waals surface area (Å²) in [6, 6.07) is 12.6. The first-order valence-corrected chi connectivity index (χ1v) is 8.28. The van der Waals surface area contributed by atoms with Gasteiger partial charge < -0.3 is 4.52 Å².